The molecule has 1 aliphatic carbocycles. The molecular weight excluding hydrogens is 314 g/mol. The van der Waals surface area contributed by atoms with Crippen molar-refractivity contribution in [3.05, 3.63) is 35.7 Å². The standard InChI is InChI=1S/C16H15N3O5/c20-14(10-2-3-10)19-16-18-11(7-22-16)15(21)17-6-9-1-4-12-13(5-9)24-8-23-12/h1,4-5,7,10H,2-3,6,8H2,(H,17,21)(H,18,19,20). The first-order valence-corrected chi connectivity index (χ1v) is 7.62. The summed E-state index contributed by atoms with van der Waals surface area (Å²) in [6, 6.07) is 5.50. The number of fused-ring (bicyclic) bond motifs is 1. The molecular formula is C16H15N3O5. The summed E-state index contributed by atoms with van der Waals surface area (Å²) in [6.45, 7) is 0.519. The molecule has 124 valence electrons. The fourth-order valence-electron chi connectivity index (χ4n) is 2.31. The number of oxazole rings is 1. The SMILES string of the molecule is O=C(NCc1ccc2c(c1)OCO2)c1coc(NC(=O)C2CC2)n1. The van der Waals surface area contributed by atoms with Gasteiger partial charge in [0.2, 0.25) is 12.7 Å². The molecule has 0 atom stereocenters. The molecule has 0 bridgehead atoms. The second-order valence-corrected chi connectivity index (χ2v) is 5.67. The van der Waals surface area contributed by atoms with Gasteiger partial charge in [0.15, 0.2) is 17.2 Å². The Balaban J connectivity index is 1.34. The normalized spacial score (nSPS) is 15.2. The van der Waals surface area contributed by atoms with E-state index < -0.39 is 0 Å². The quantitative estimate of drug-likeness (QED) is 0.865. The van der Waals surface area contributed by atoms with E-state index in [1.54, 1.807) is 6.07 Å². The first-order valence-electron chi connectivity index (χ1n) is 7.62. The molecule has 0 unspecified atom stereocenters. The van der Waals surface area contributed by atoms with Gasteiger partial charge in [0, 0.05) is 12.5 Å². The number of nitrogens with one attached hydrogen (secondary N) is 2. The van der Waals surface area contributed by atoms with Gasteiger partial charge in [-0.05, 0) is 30.5 Å². The van der Waals surface area contributed by atoms with Gasteiger partial charge in [0.1, 0.15) is 6.26 Å². The molecule has 1 saturated carbocycles. The first-order chi connectivity index (χ1) is 11.7. The first kappa shape index (κ1) is 14.6. The Labute approximate surface area is 137 Å². The molecule has 0 radical (unpaired) electrons. The molecule has 2 N–H and O–H groups in total. The van der Waals surface area contributed by atoms with E-state index in [2.05, 4.69) is 15.6 Å². The van der Waals surface area contributed by atoms with Crippen LogP contribution in [-0.2, 0) is 11.3 Å². The Hall–Kier alpha value is -3.03. The molecule has 2 aromatic rings. The number of aromatic nitrogens is 1. The van der Waals surface area contributed by atoms with Crippen molar-refractivity contribution in [2.45, 2.75) is 19.4 Å². The molecule has 1 aliphatic heterocycles. The smallest absolute Gasteiger partial charge is 0.302 e. The number of benzene rings is 1. The summed E-state index contributed by atoms with van der Waals surface area (Å²) in [4.78, 5) is 27.7. The predicted molar refractivity (Wildman–Crippen MR) is 81.6 cm³/mol. The summed E-state index contributed by atoms with van der Waals surface area (Å²) in [5, 5.41) is 5.29. The number of carbonyl (C=O) groups excluding carboxylic acids is 2. The Morgan fingerprint density at radius 2 is 2.04 bits per heavy atom. The van der Waals surface area contributed by atoms with Gasteiger partial charge in [0.25, 0.3) is 5.91 Å². The minimum atomic E-state index is -0.386. The molecule has 8 nitrogen and oxygen atoms in total. The topological polar surface area (TPSA) is 103 Å². The summed E-state index contributed by atoms with van der Waals surface area (Å²) in [7, 11) is 0. The summed E-state index contributed by atoms with van der Waals surface area (Å²) in [5.41, 5.74) is 0.986. The molecule has 24 heavy (non-hydrogen) atoms. The Morgan fingerprint density at radius 3 is 2.88 bits per heavy atom. The van der Waals surface area contributed by atoms with E-state index in [4.69, 9.17) is 13.9 Å². The highest BCUT2D eigenvalue weighted by molar-refractivity contribution is 5.94. The summed E-state index contributed by atoms with van der Waals surface area (Å²) in [6.07, 6.45) is 2.99. The number of hydrogen-bond donors (Lipinski definition) is 2. The second-order valence-electron chi connectivity index (χ2n) is 5.67. The van der Waals surface area contributed by atoms with Crippen molar-refractivity contribution in [3.8, 4) is 11.5 Å². The van der Waals surface area contributed by atoms with Crippen molar-refractivity contribution in [3.63, 3.8) is 0 Å². The summed E-state index contributed by atoms with van der Waals surface area (Å²) < 4.78 is 15.6. The van der Waals surface area contributed by atoms with Crippen LogP contribution in [-0.4, -0.2) is 23.6 Å². The third-order valence-electron chi connectivity index (χ3n) is 3.81. The molecule has 1 aromatic heterocycles. The van der Waals surface area contributed by atoms with E-state index in [1.807, 2.05) is 12.1 Å². The minimum absolute atomic E-state index is 0.0418. The highest BCUT2D eigenvalue weighted by Crippen LogP contribution is 2.32. The average Bonchev–Trinajstić information content (AvgIpc) is 3.16. The van der Waals surface area contributed by atoms with E-state index in [9.17, 15) is 9.59 Å². The number of rotatable bonds is 5. The van der Waals surface area contributed by atoms with Crippen LogP contribution < -0.4 is 20.1 Å². The van der Waals surface area contributed by atoms with Crippen LogP contribution in [0.3, 0.4) is 0 Å². The van der Waals surface area contributed by atoms with Crippen molar-refractivity contribution < 1.29 is 23.5 Å². The molecule has 4 rings (SSSR count). The highest BCUT2D eigenvalue weighted by Gasteiger charge is 2.30. The van der Waals surface area contributed by atoms with Crippen LogP contribution in [0.25, 0.3) is 0 Å². The van der Waals surface area contributed by atoms with Crippen molar-refractivity contribution >= 4 is 17.8 Å². The lowest BCUT2D eigenvalue weighted by atomic mass is 10.2. The highest BCUT2D eigenvalue weighted by atomic mass is 16.7. The fourth-order valence-corrected chi connectivity index (χ4v) is 2.31. The van der Waals surface area contributed by atoms with Gasteiger partial charge in [-0.1, -0.05) is 6.07 Å². The lowest BCUT2D eigenvalue weighted by molar-refractivity contribution is -0.117. The van der Waals surface area contributed by atoms with Gasteiger partial charge in [-0.3, -0.25) is 14.9 Å². The predicted octanol–water partition coefficient (Wildman–Crippen LogP) is 1.68. The minimum Gasteiger partial charge on any atom is -0.454 e. The van der Waals surface area contributed by atoms with E-state index in [0.717, 1.165) is 18.4 Å². The molecule has 2 heterocycles. The number of anilines is 1. The molecule has 2 amide bonds. The number of ether oxygens (including phenoxy) is 2. The maximum Gasteiger partial charge on any atom is 0.302 e. The molecule has 0 spiro atoms. The van der Waals surface area contributed by atoms with E-state index in [0.29, 0.717) is 18.0 Å². The molecule has 1 fully saturated rings. The maximum atomic E-state index is 12.1. The molecule has 2 aliphatic rings. The molecule has 1 aromatic carbocycles. The Kier molecular flexibility index (Phi) is 3.56. The van der Waals surface area contributed by atoms with Crippen LogP contribution in [0.15, 0.2) is 28.9 Å². The van der Waals surface area contributed by atoms with Crippen molar-refractivity contribution in [1.82, 2.24) is 10.3 Å². The molecule has 0 saturated heterocycles. The third kappa shape index (κ3) is 3.03. The lowest BCUT2D eigenvalue weighted by Crippen LogP contribution is -2.23. The van der Waals surface area contributed by atoms with Crippen molar-refractivity contribution in [2.24, 2.45) is 5.92 Å². The fraction of sp³-hybridized carbons (Fsp3) is 0.312. The van der Waals surface area contributed by atoms with Gasteiger partial charge >= 0.3 is 6.01 Å². The zero-order valence-corrected chi connectivity index (χ0v) is 12.7. The number of nitrogens with zero attached hydrogens (tertiary/aromatic N) is 1. The largest absolute Gasteiger partial charge is 0.454 e. The van der Waals surface area contributed by atoms with Gasteiger partial charge in [-0.15, -0.1) is 0 Å². The third-order valence-corrected chi connectivity index (χ3v) is 3.81. The summed E-state index contributed by atoms with van der Waals surface area (Å²) >= 11 is 0. The molecule has 8 heteroatoms. The number of amides is 2. The van der Waals surface area contributed by atoms with Crippen LogP contribution in [0.1, 0.15) is 28.9 Å². The van der Waals surface area contributed by atoms with Crippen LogP contribution in [0.2, 0.25) is 0 Å². The van der Waals surface area contributed by atoms with E-state index in [1.165, 1.54) is 6.26 Å². The van der Waals surface area contributed by atoms with Crippen LogP contribution in [0.5, 0.6) is 11.5 Å². The number of carbonyl (C=O) groups is 2. The van der Waals surface area contributed by atoms with Crippen LogP contribution in [0, 0.1) is 5.92 Å². The number of hydrogen-bond acceptors (Lipinski definition) is 6. The van der Waals surface area contributed by atoms with E-state index >= 15 is 0 Å². The summed E-state index contributed by atoms with van der Waals surface area (Å²) in [5.74, 6) is 0.888. The van der Waals surface area contributed by atoms with Crippen LogP contribution in [0.4, 0.5) is 6.01 Å². The Morgan fingerprint density at radius 1 is 1.21 bits per heavy atom. The lowest BCUT2D eigenvalue weighted by Gasteiger charge is -2.04. The van der Waals surface area contributed by atoms with Gasteiger partial charge in [-0.2, -0.15) is 4.98 Å². The zero-order chi connectivity index (χ0) is 16.5. The van der Waals surface area contributed by atoms with Gasteiger partial charge in [-0.25, -0.2) is 0 Å². The monoisotopic (exact) mass is 329 g/mol. The van der Waals surface area contributed by atoms with E-state index in [-0.39, 0.29) is 36.2 Å². The second kappa shape index (κ2) is 5.88. The zero-order valence-electron chi connectivity index (χ0n) is 12.7. The maximum absolute atomic E-state index is 12.1. The van der Waals surface area contributed by atoms with Gasteiger partial charge < -0.3 is 19.2 Å². The van der Waals surface area contributed by atoms with Crippen LogP contribution >= 0.6 is 0 Å². The van der Waals surface area contributed by atoms with Crippen molar-refractivity contribution in [2.75, 3.05) is 12.1 Å². The Bertz CT molecular complexity index is 797. The van der Waals surface area contributed by atoms with Gasteiger partial charge in [0.05, 0.1) is 0 Å². The van der Waals surface area contributed by atoms with Crippen molar-refractivity contribution in [1.29, 1.82) is 0 Å². The average molecular weight is 329 g/mol.